The van der Waals surface area contributed by atoms with Crippen molar-refractivity contribution in [2.75, 3.05) is 14.2 Å². The average Bonchev–Trinajstić information content (AvgIpc) is 2.47. The Morgan fingerprint density at radius 2 is 2.00 bits per heavy atom. The molecule has 1 unspecified atom stereocenters. The summed E-state index contributed by atoms with van der Waals surface area (Å²) in [6, 6.07) is 4.63. The van der Waals surface area contributed by atoms with E-state index >= 15 is 0 Å². The first-order chi connectivity index (χ1) is 10.4. The smallest absolute Gasteiger partial charge is 0.242 e. The highest BCUT2D eigenvalue weighted by molar-refractivity contribution is 6.31. The van der Waals surface area contributed by atoms with Crippen LogP contribution in [0.2, 0.25) is 5.02 Å². The first-order valence-corrected chi connectivity index (χ1v) is 7.58. The molecule has 0 saturated carbocycles. The summed E-state index contributed by atoms with van der Waals surface area (Å²) in [4.78, 5) is 24.0. The lowest BCUT2D eigenvalue weighted by Gasteiger charge is -2.19. The second kappa shape index (κ2) is 8.63. The van der Waals surface area contributed by atoms with Crippen molar-refractivity contribution in [2.24, 2.45) is 5.92 Å². The molecule has 1 rings (SSSR count). The third kappa shape index (κ3) is 5.56. The van der Waals surface area contributed by atoms with Crippen LogP contribution in [0.4, 0.5) is 0 Å². The highest BCUT2D eigenvalue weighted by Crippen LogP contribution is 2.22. The van der Waals surface area contributed by atoms with Crippen LogP contribution in [-0.2, 0) is 16.0 Å². The van der Waals surface area contributed by atoms with Crippen LogP contribution in [0.25, 0.3) is 0 Å². The molecular formula is C16H23ClN2O3. The third-order valence-electron chi connectivity index (χ3n) is 3.22. The highest BCUT2D eigenvalue weighted by atomic mass is 35.5. The number of carbonyl (C=O) groups is 2. The van der Waals surface area contributed by atoms with E-state index in [1.807, 2.05) is 13.8 Å². The molecule has 22 heavy (non-hydrogen) atoms. The van der Waals surface area contributed by atoms with E-state index in [9.17, 15) is 9.59 Å². The first kappa shape index (κ1) is 18.3. The van der Waals surface area contributed by atoms with E-state index in [4.69, 9.17) is 16.3 Å². The second-order valence-electron chi connectivity index (χ2n) is 5.50. The van der Waals surface area contributed by atoms with Crippen LogP contribution >= 0.6 is 11.6 Å². The number of hydrogen-bond acceptors (Lipinski definition) is 3. The van der Waals surface area contributed by atoms with Crippen molar-refractivity contribution < 1.29 is 14.3 Å². The maximum Gasteiger partial charge on any atom is 0.242 e. The zero-order valence-corrected chi connectivity index (χ0v) is 14.2. The Morgan fingerprint density at radius 3 is 2.50 bits per heavy atom. The number of halogens is 1. The van der Waals surface area contributed by atoms with Gasteiger partial charge in [0, 0.05) is 12.1 Å². The standard InChI is InChI=1S/C16H23ClN2O3/c1-10(2)7-14(16(21)18-3)19-15(20)8-11-5-6-12(22-4)9-13(11)17/h5-6,9-10,14H,7-8H2,1-4H3,(H,18,21)(H,19,20). The fraction of sp³-hybridized carbons (Fsp3) is 0.500. The molecule has 6 heteroatoms. The van der Waals surface area contributed by atoms with E-state index < -0.39 is 6.04 Å². The highest BCUT2D eigenvalue weighted by Gasteiger charge is 2.21. The van der Waals surface area contributed by atoms with Crippen molar-refractivity contribution in [3.63, 3.8) is 0 Å². The number of nitrogens with one attached hydrogen (secondary N) is 2. The molecule has 0 heterocycles. The molecule has 0 saturated heterocycles. The number of likely N-dealkylation sites (N-methyl/N-ethyl adjacent to an activating group) is 1. The van der Waals surface area contributed by atoms with Crippen molar-refractivity contribution >= 4 is 23.4 Å². The molecule has 0 aromatic heterocycles. The largest absolute Gasteiger partial charge is 0.497 e. The Balaban J connectivity index is 2.72. The van der Waals surface area contributed by atoms with Gasteiger partial charge >= 0.3 is 0 Å². The summed E-state index contributed by atoms with van der Waals surface area (Å²) in [5.74, 6) is 0.508. The molecule has 0 radical (unpaired) electrons. The van der Waals surface area contributed by atoms with Crippen LogP contribution in [0.5, 0.6) is 5.75 Å². The summed E-state index contributed by atoms with van der Waals surface area (Å²) >= 11 is 6.12. The quantitative estimate of drug-likeness (QED) is 0.807. The number of rotatable bonds is 7. The van der Waals surface area contributed by atoms with Crippen molar-refractivity contribution in [1.82, 2.24) is 10.6 Å². The minimum absolute atomic E-state index is 0.119. The minimum atomic E-state index is -0.533. The molecule has 0 aliphatic rings. The van der Waals surface area contributed by atoms with E-state index in [1.54, 1.807) is 32.4 Å². The number of amides is 2. The van der Waals surface area contributed by atoms with Crippen LogP contribution in [-0.4, -0.2) is 32.0 Å². The van der Waals surface area contributed by atoms with Gasteiger partial charge in [-0.3, -0.25) is 9.59 Å². The molecular weight excluding hydrogens is 304 g/mol. The number of hydrogen-bond donors (Lipinski definition) is 2. The molecule has 5 nitrogen and oxygen atoms in total. The molecule has 0 aliphatic heterocycles. The van der Waals surface area contributed by atoms with Gasteiger partial charge in [0.25, 0.3) is 0 Å². The van der Waals surface area contributed by atoms with E-state index in [1.165, 1.54) is 0 Å². The van der Waals surface area contributed by atoms with Crippen LogP contribution in [0.1, 0.15) is 25.8 Å². The maximum atomic E-state index is 12.2. The van der Waals surface area contributed by atoms with Gasteiger partial charge in [0.05, 0.1) is 13.5 Å². The lowest BCUT2D eigenvalue weighted by molar-refractivity contribution is -0.128. The predicted octanol–water partition coefficient (Wildman–Crippen LogP) is 2.17. The fourth-order valence-electron chi connectivity index (χ4n) is 2.09. The monoisotopic (exact) mass is 326 g/mol. The Hall–Kier alpha value is -1.75. The zero-order valence-electron chi connectivity index (χ0n) is 13.4. The Morgan fingerprint density at radius 1 is 1.32 bits per heavy atom. The van der Waals surface area contributed by atoms with Crippen molar-refractivity contribution in [1.29, 1.82) is 0 Å². The molecule has 2 amide bonds. The minimum Gasteiger partial charge on any atom is -0.497 e. The predicted molar refractivity (Wildman–Crippen MR) is 87.2 cm³/mol. The topological polar surface area (TPSA) is 67.4 Å². The van der Waals surface area contributed by atoms with E-state index in [-0.39, 0.29) is 18.2 Å². The SMILES string of the molecule is CNC(=O)C(CC(C)C)NC(=O)Cc1ccc(OC)cc1Cl. The van der Waals surface area contributed by atoms with Gasteiger partial charge in [-0.25, -0.2) is 0 Å². The van der Waals surface area contributed by atoms with Gasteiger partial charge in [-0.15, -0.1) is 0 Å². The van der Waals surface area contributed by atoms with Gasteiger partial charge in [-0.1, -0.05) is 31.5 Å². The van der Waals surface area contributed by atoms with Crippen LogP contribution < -0.4 is 15.4 Å². The second-order valence-corrected chi connectivity index (χ2v) is 5.91. The van der Waals surface area contributed by atoms with E-state index in [2.05, 4.69) is 10.6 Å². The summed E-state index contributed by atoms with van der Waals surface area (Å²) in [5.41, 5.74) is 0.695. The van der Waals surface area contributed by atoms with Gasteiger partial charge in [0.15, 0.2) is 0 Å². The van der Waals surface area contributed by atoms with E-state index in [0.29, 0.717) is 28.7 Å². The summed E-state index contributed by atoms with van der Waals surface area (Å²) in [5, 5.41) is 5.80. The average molecular weight is 327 g/mol. The Kier molecular flexibility index (Phi) is 7.18. The molecule has 1 atom stereocenters. The molecule has 0 spiro atoms. The summed E-state index contributed by atoms with van der Waals surface area (Å²) in [7, 11) is 3.11. The summed E-state index contributed by atoms with van der Waals surface area (Å²) < 4.78 is 5.07. The lowest BCUT2D eigenvalue weighted by atomic mass is 10.0. The van der Waals surface area contributed by atoms with Gasteiger partial charge < -0.3 is 15.4 Å². The zero-order chi connectivity index (χ0) is 16.7. The number of ether oxygens (including phenoxy) is 1. The summed E-state index contributed by atoms with van der Waals surface area (Å²) in [6.07, 6.45) is 0.705. The molecule has 2 N–H and O–H groups in total. The van der Waals surface area contributed by atoms with Crippen molar-refractivity contribution in [3.8, 4) is 5.75 Å². The van der Waals surface area contributed by atoms with Gasteiger partial charge in [0.2, 0.25) is 11.8 Å². The molecule has 0 fully saturated rings. The van der Waals surface area contributed by atoms with Crippen molar-refractivity contribution in [2.45, 2.75) is 32.7 Å². The number of carbonyl (C=O) groups excluding carboxylic acids is 2. The van der Waals surface area contributed by atoms with Gasteiger partial charge in [0.1, 0.15) is 11.8 Å². The fourth-order valence-corrected chi connectivity index (χ4v) is 2.33. The number of benzene rings is 1. The molecule has 0 bridgehead atoms. The molecule has 122 valence electrons. The van der Waals surface area contributed by atoms with Gasteiger partial charge in [-0.2, -0.15) is 0 Å². The van der Waals surface area contributed by atoms with Crippen LogP contribution in [0.3, 0.4) is 0 Å². The van der Waals surface area contributed by atoms with E-state index in [0.717, 1.165) is 0 Å². The Bertz CT molecular complexity index is 532. The van der Waals surface area contributed by atoms with Gasteiger partial charge in [-0.05, 0) is 30.0 Å². The summed E-state index contributed by atoms with van der Waals surface area (Å²) in [6.45, 7) is 4.00. The van der Waals surface area contributed by atoms with Crippen molar-refractivity contribution in [3.05, 3.63) is 28.8 Å². The Labute approximate surface area is 136 Å². The van der Waals surface area contributed by atoms with Crippen LogP contribution in [0, 0.1) is 5.92 Å². The third-order valence-corrected chi connectivity index (χ3v) is 3.57. The lowest BCUT2D eigenvalue weighted by Crippen LogP contribution is -2.46. The maximum absolute atomic E-state index is 12.2. The molecule has 1 aromatic rings. The molecule has 1 aromatic carbocycles. The first-order valence-electron chi connectivity index (χ1n) is 7.20. The van der Waals surface area contributed by atoms with Crippen LogP contribution in [0.15, 0.2) is 18.2 Å². The normalized spacial score (nSPS) is 11.9. The number of methoxy groups -OCH3 is 1. The molecule has 0 aliphatic carbocycles.